The molecule has 2 aromatic rings. The van der Waals surface area contributed by atoms with Crippen molar-refractivity contribution in [2.24, 2.45) is 0 Å². The fraction of sp³-hybridized carbons (Fsp3) is 0.333. The highest BCUT2D eigenvalue weighted by atomic mass is 35.5. The topological polar surface area (TPSA) is 24.5 Å². The highest BCUT2D eigenvalue weighted by molar-refractivity contribution is 5.85. The number of hydrogen-bond acceptors (Lipinski definition) is 3. The first-order valence-electron chi connectivity index (χ1n) is 7.56. The third-order valence-electron chi connectivity index (χ3n) is 3.89. The minimum Gasteiger partial charge on any atom is -0.383 e. The van der Waals surface area contributed by atoms with Crippen molar-refractivity contribution in [1.29, 1.82) is 0 Å². The molecule has 0 saturated carbocycles. The molecule has 23 heavy (non-hydrogen) atoms. The molecule has 126 valence electrons. The maximum atomic E-state index is 5.66. The summed E-state index contributed by atoms with van der Waals surface area (Å²) in [6.45, 7) is 4.53. The van der Waals surface area contributed by atoms with Crippen molar-refractivity contribution in [1.82, 2.24) is 4.90 Å². The van der Waals surface area contributed by atoms with Gasteiger partial charge < -0.3 is 10.1 Å². The molecule has 1 heterocycles. The first-order valence-corrected chi connectivity index (χ1v) is 7.56. The van der Waals surface area contributed by atoms with Crippen LogP contribution in [0.15, 0.2) is 60.7 Å². The molecule has 3 rings (SSSR count). The second-order valence-corrected chi connectivity index (χ2v) is 5.43. The van der Waals surface area contributed by atoms with Crippen molar-refractivity contribution in [3.8, 4) is 0 Å². The number of ether oxygens (including phenoxy) is 1. The van der Waals surface area contributed by atoms with Gasteiger partial charge in [0.05, 0.1) is 19.3 Å². The third-order valence-corrected chi connectivity index (χ3v) is 3.89. The van der Waals surface area contributed by atoms with Crippen LogP contribution in [0, 0.1) is 0 Å². The van der Waals surface area contributed by atoms with Gasteiger partial charge in [0.15, 0.2) is 0 Å². The molecule has 1 aliphatic rings. The predicted octanol–water partition coefficient (Wildman–Crippen LogP) is 3.84. The minimum atomic E-state index is 0. The van der Waals surface area contributed by atoms with Gasteiger partial charge in [-0.15, -0.1) is 24.8 Å². The normalized spacial score (nSPS) is 17.7. The van der Waals surface area contributed by atoms with Gasteiger partial charge in [-0.3, -0.25) is 4.90 Å². The molecular weight excluding hydrogens is 331 g/mol. The number of para-hydroxylation sites is 1. The molecule has 0 bridgehead atoms. The Hall–Kier alpha value is -1.26. The van der Waals surface area contributed by atoms with Crippen LogP contribution in [-0.4, -0.2) is 37.2 Å². The van der Waals surface area contributed by atoms with Gasteiger partial charge in [-0.25, -0.2) is 0 Å². The average molecular weight is 355 g/mol. The number of anilines is 1. The highest BCUT2D eigenvalue weighted by Gasteiger charge is 2.22. The van der Waals surface area contributed by atoms with Crippen LogP contribution >= 0.6 is 24.8 Å². The lowest BCUT2D eigenvalue weighted by molar-refractivity contribution is -0.00645. The van der Waals surface area contributed by atoms with Crippen LogP contribution in [0.5, 0.6) is 0 Å². The molecule has 1 unspecified atom stereocenters. The van der Waals surface area contributed by atoms with E-state index in [9.17, 15) is 0 Å². The molecule has 1 saturated heterocycles. The summed E-state index contributed by atoms with van der Waals surface area (Å²) in [6.07, 6.45) is 0. The molecule has 1 aliphatic heterocycles. The molecule has 1 fully saturated rings. The Morgan fingerprint density at radius 3 is 2.30 bits per heavy atom. The number of rotatable bonds is 5. The Bertz CT molecular complexity index is 539. The summed E-state index contributed by atoms with van der Waals surface area (Å²) in [5.74, 6) is 0. The molecule has 5 heteroatoms. The monoisotopic (exact) mass is 354 g/mol. The molecule has 0 aliphatic carbocycles. The van der Waals surface area contributed by atoms with E-state index in [1.54, 1.807) is 0 Å². The van der Waals surface area contributed by atoms with Crippen molar-refractivity contribution >= 4 is 30.5 Å². The van der Waals surface area contributed by atoms with E-state index in [4.69, 9.17) is 4.74 Å². The van der Waals surface area contributed by atoms with Crippen LogP contribution in [-0.2, 0) is 11.3 Å². The lowest BCUT2D eigenvalue weighted by Crippen LogP contribution is -2.48. The van der Waals surface area contributed by atoms with Gasteiger partial charge in [-0.2, -0.15) is 0 Å². The maximum absolute atomic E-state index is 5.66. The zero-order valence-corrected chi connectivity index (χ0v) is 14.7. The Morgan fingerprint density at radius 1 is 0.957 bits per heavy atom. The largest absolute Gasteiger partial charge is 0.383 e. The van der Waals surface area contributed by atoms with E-state index in [2.05, 4.69) is 64.8 Å². The Kier molecular flexibility index (Phi) is 9.03. The number of halogens is 2. The fourth-order valence-electron chi connectivity index (χ4n) is 2.69. The lowest BCUT2D eigenvalue weighted by atomic mass is 10.1. The van der Waals surface area contributed by atoms with Gasteiger partial charge in [-0.05, 0) is 17.7 Å². The lowest BCUT2D eigenvalue weighted by Gasteiger charge is -2.36. The van der Waals surface area contributed by atoms with Gasteiger partial charge in [0.1, 0.15) is 0 Å². The van der Waals surface area contributed by atoms with Gasteiger partial charge in [0, 0.05) is 25.3 Å². The minimum absolute atomic E-state index is 0. The Balaban J connectivity index is 0.00000132. The zero-order chi connectivity index (χ0) is 14.3. The van der Waals surface area contributed by atoms with Gasteiger partial charge in [-0.1, -0.05) is 48.5 Å². The van der Waals surface area contributed by atoms with Gasteiger partial charge >= 0.3 is 0 Å². The number of nitrogens with one attached hydrogen (secondary N) is 1. The molecule has 0 radical (unpaired) electrons. The first kappa shape index (κ1) is 19.8. The molecule has 0 spiro atoms. The van der Waals surface area contributed by atoms with E-state index in [0.29, 0.717) is 6.04 Å². The summed E-state index contributed by atoms with van der Waals surface area (Å²) in [4.78, 5) is 2.51. The molecule has 1 atom stereocenters. The van der Waals surface area contributed by atoms with Crippen molar-refractivity contribution in [3.05, 3.63) is 66.2 Å². The van der Waals surface area contributed by atoms with Crippen LogP contribution in [0.3, 0.4) is 0 Å². The van der Waals surface area contributed by atoms with Crippen molar-refractivity contribution in [2.45, 2.75) is 12.6 Å². The Labute approximate surface area is 150 Å². The summed E-state index contributed by atoms with van der Waals surface area (Å²) in [6, 6.07) is 21.4. The summed E-state index contributed by atoms with van der Waals surface area (Å²) in [5.41, 5.74) is 2.53. The van der Waals surface area contributed by atoms with Crippen LogP contribution < -0.4 is 5.32 Å². The number of benzene rings is 2. The van der Waals surface area contributed by atoms with Crippen LogP contribution in [0.25, 0.3) is 0 Å². The smallest absolute Gasteiger partial charge is 0.0639 e. The second kappa shape index (κ2) is 10.5. The van der Waals surface area contributed by atoms with E-state index in [-0.39, 0.29) is 24.8 Å². The second-order valence-electron chi connectivity index (χ2n) is 5.43. The molecular formula is C18H24Cl2N2O. The maximum Gasteiger partial charge on any atom is 0.0639 e. The molecule has 0 aromatic heterocycles. The zero-order valence-electron chi connectivity index (χ0n) is 13.1. The van der Waals surface area contributed by atoms with Crippen molar-refractivity contribution in [2.75, 3.05) is 31.6 Å². The van der Waals surface area contributed by atoms with E-state index in [0.717, 1.165) is 32.8 Å². The standard InChI is InChI=1S/C18H22N2O.2ClH/c1-3-7-16(8-4-1)14-20-11-12-21-15-18(20)13-19-17-9-5-2-6-10-17;;/h1-10,18-19H,11-15H2;2*1H. The van der Waals surface area contributed by atoms with Crippen LogP contribution in [0.1, 0.15) is 5.56 Å². The SMILES string of the molecule is Cl.Cl.c1ccc(CN2CCOCC2CNc2ccccc2)cc1. The van der Waals surface area contributed by atoms with Crippen molar-refractivity contribution < 1.29 is 4.74 Å². The fourth-order valence-corrected chi connectivity index (χ4v) is 2.69. The van der Waals surface area contributed by atoms with Crippen molar-refractivity contribution in [3.63, 3.8) is 0 Å². The van der Waals surface area contributed by atoms with E-state index in [1.807, 2.05) is 6.07 Å². The third kappa shape index (κ3) is 6.04. The molecule has 0 amide bonds. The number of morpholine rings is 1. The number of hydrogen-bond donors (Lipinski definition) is 1. The summed E-state index contributed by atoms with van der Waals surface area (Å²) in [5, 5.41) is 3.51. The first-order chi connectivity index (χ1) is 10.4. The van der Waals surface area contributed by atoms with E-state index < -0.39 is 0 Å². The number of nitrogens with zero attached hydrogens (tertiary/aromatic N) is 1. The Morgan fingerprint density at radius 2 is 1.61 bits per heavy atom. The molecule has 1 N–H and O–H groups in total. The highest BCUT2D eigenvalue weighted by Crippen LogP contribution is 2.14. The van der Waals surface area contributed by atoms with Gasteiger partial charge in [0.25, 0.3) is 0 Å². The summed E-state index contributed by atoms with van der Waals surface area (Å²) in [7, 11) is 0. The van der Waals surface area contributed by atoms with E-state index in [1.165, 1.54) is 11.3 Å². The predicted molar refractivity (Wildman–Crippen MR) is 101 cm³/mol. The average Bonchev–Trinajstić information content (AvgIpc) is 2.56. The quantitative estimate of drug-likeness (QED) is 0.882. The summed E-state index contributed by atoms with van der Waals surface area (Å²) >= 11 is 0. The van der Waals surface area contributed by atoms with Gasteiger partial charge in [0.2, 0.25) is 0 Å². The molecule has 3 nitrogen and oxygen atoms in total. The van der Waals surface area contributed by atoms with Crippen LogP contribution in [0.4, 0.5) is 5.69 Å². The summed E-state index contributed by atoms with van der Waals surface area (Å²) < 4.78 is 5.66. The van der Waals surface area contributed by atoms with E-state index >= 15 is 0 Å². The molecule has 2 aromatic carbocycles. The van der Waals surface area contributed by atoms with Crippen LogP contribution in [0.2, 0.25) is 0 Å².